The SMILES string of the molecule is Cc1ccc(-c2c(C)sc3nc(CN(CC(C)O)c4ccccc4)[nH]c(=O)c23)cc1. The van der Waals surface area contributed by atoms with E-state index in [2.05, 4.69) is 36.2 Å². The van der Waals surface area contributed by atoms with E-state index in [9.17, 15) is 9.90 Å². The topological polar surface area (TPSA) is 69.2 Å². The predicted octanol–water partition coefficient (Wildman–Crippen LogP) is 4.66. The summed E-state index contributed by atoms with van der Waals surface area (Å²) < 4.78 is 0. The van der Waals surface area contributed by atoms with E-state index < -0.39 is 6.10 Å². The Morgan fingerprint density at radius 1 is 1.10 bits per heavy atom. The number of hydrogen-bond acceptors (Lipinski definition) is 5. The van der Waals surface area contributed by atoms with Gasteiger partial charge in [0.05, 0.1) is 18.0 Å². The first-order valence-electron chi connectivity index (χ1n) is 10.00. The molecule has 0 saturated carbocycles. The molecule has 0 aliphatic carbocycles. The number of hydrogen-bond donors (Lipinski definition) is 2. The number of benzene rings is 2. The van der Waals surface area contributed by atoms with Crippen molar-refractivity contribution in [1.29, 1.82) is 0 Å². The number of aliphatic hydroxyl groups is 1. The highest BCUT2D eigenvalue weighted by molar-refractivity contribution is 7.19. The minimum atomic E-state index is -0.502. The molecule has 1 unspecified atom stereocenters. The normalized spacial score (nSPS) is 12.3. The average Bonchev–Trinajstić information content (AvgIpc) is 3.05. The van der Waals surface area contributed by atoms with Gasteiger partial charge in [-0.15, -0.1) is 11.3 Å². The summed E-state index contributed by atoms with van der Waals surface area (Å²) in [6.07, 6.45) is -0.502. The number of thiophene rings is 1. The molecule has 0 radical (unpaired) electrons. The third-order valence-corrected chi connectivity index (χ3v) is 6.07. The lowest BCUT2D eigenvalue weighted by Gasteiger charge is -2.25. The van der Waals surface area contributed by atoms with Crippen LogP contribution in [0.4, 0.5) is 5.69 Å². The molecule has 2 heterocycles. The third-order valence-electron chi connectivity index (χ3n) is 5.07. The Hall–Kier alpha value is -2.96. The number of aliphatic hydroxyl groups excluding tert-OH is 1. The van der Waals surface area contributed by atoms with E-state index in [-0.39, 0.29) is 5.56 Å². The molecule has 30 heavy (non-hydrogen) atoms. The number of para-hydroxylation sites is 1. The Kier molecular flexibility index (Phi) is 5.70. The smallest absolute Gasteiger partial charge is 0.260 e. The van der Waals surface area contributed by atoms with Crippen molar-refractivity contribution >= 4 is 27.2 Å². The second kappa shape index (κ2) is 8.42. The average molecular weight is 420 g/mol. The van der Waals surface area contributed by atoms with Crippen LogP contribution in [-0.4, -0.2) is 27.7 Å². The van der Waals surface area contributed by atoms with E-state index in [1.165, 1.54) is 5.56 Å². The first kappa shape index (κ1) is 20.3. The molecule has 0 saturated heterocycles. The van der Waals surface area contributed by atoms with Crippen LogP contribution in [-0.2, 0) is 6.54 Å². The maximum absolute atomic E-state index is 13.1. The van der Waals surface area contributed by atoms with Crippen LogP contribution in [0.5, 0.6) is 0 Å². The van der Waals surface area contributed by atoms with Crippen molar-refractivity contribution in [2.75, 3.05) is 11.4 Å². The fourth-order valence-electron chi connectivity index (χ4n) is 3.71. The van der Waals surface area contributed by atoms with Gasteiger partial charge in [-0.2, -0.15) is 0 Å². The molecule has 2 N–H and O–H groups in total. The van der Waals surface area contributed by atoms with Crippen molar-refractivity contribution in [3.05, 3.63) is 81.2 Å². The van der Waals surface area contributed by atoms with E-state index >= 15 is 0 Å². The summed E-state index contributed by atoms with van der Waals surface area (Å²) in [5.41, 5.74) is 4.02. The summed E-state index contributed by atoms with van der Waals surface area (Å²) in [4.78, 5) is 24.6. The lowest BCUT2D eigenvalue weighted by Crippen LogP contribution is -2.32. The largest absolute Gasteiger partial charge is 0.392 e. The molecule has 2 aromatic heterocycles. The lowest BCUT2D eigenvalue weighted by atomic mass is 10.0. The third kappa shape index (κ3) is 4.15. The molecular formula is C24H25N3O2S. The molecule has 6 heteroatoms. The number of H-pyrrole nitrogens is 1. The Bertz CT molecular complexity index is 1210. The van der Waals surface area contributed by atoms with Crippen molar-refractivity contribution in [1.82, 2.24) is 9.97 Å². The van der Waals surface area contributed by atoms with Gasteiger partial charge in [-0.1, -0.05) is 48.0 Å². The zero-order chi connectivity index (χ0) is 21.3. The lowest BCUT2D eigenvalue weighted by molar-refractivity contribution is 0.199. The summed E-state index contributed by atoms with van der Waals surface area (Å²) in [6.45, 7) is 6.70. The fourth-order valence-corrected chi connectivity index (χ4v) is 4.77. The number of nitrogens with zero attached hydrogens (tertiary/aromatic N) is 2. The fraction of sp³-hybridized carbons (Fsp3) is 0.250. The van der Waals surface area contributed by atoms with Crippen molar-refractivity contribution in [3.63, 3.8) is 0 Å². The Labute approximate surface area is 179 Å². The van der Waals surface area contributed by atoms with Crippen LogP contribution in [0.25, 0.3) is 21.3 Å². The highest BCUT2D eigenvalue weighted by Crippen LogP contribution is 2.35. The molecule has 4 rings (SSSR count). The number of fused-ring (bicyclic) bond motifs is 1. The van der Waals surface area contributed by atoms with E-state index in [4.69, 9.17) is 4.98 Å². The zero-order valence-corrected chi connectivity index (χ0v) is 18.2. The van der Waals surface area contributed by atoms with Crippen LogP contribution >= 0.6 is 11.3 Å². The standard InChI is InChI=1S/C24H25N3O2S/c1-15-9-11-18(12-10-15)21-17(3)30-24-22(21)23(29)25-20(26-24)14-27(13-16(2)28)19-7-5-4-6-8-19/h4-12,16,28H,13-14H2,1-3H3,(H,25,26,29). The number of nitrogens with one attached hydrogen (secondary N) is 1. The van der Waals surface area contributed by atoms with Gasteiger partial charge >= 0.3 is 0 Å². The maximum atomic E-state index is 13.1. The van der Waals surface area contributed by atoms with Crippen LogP contribution in [0.3, 0.4) is 0 Å². The molecule has 5 nitrogen and oxygen atoms in total. The molecule has 4 aromatic rings. The summed E-state index contributed by atoms with van der Waals surface area (Å²) in [6, 6.07) is 18.1. The number of aromatic nitrogens is 2. The predicted molar refractivity (Wildman–Crippen MR) is 124 cm³/mol. The van der Waals surface area contributed by atoms with Gasteiger partial charge in [0.2, 0.25) is 0 Å². The highest BCUT2D eigenvalue weighted by atomic mass is 32.1. The van der Waals surface area contributed by atoms with Gasteiger partial charge in [0.15, 0.2) is 0 Å². The minimum Gasteiger partial charge on any atom is -0.392 e. The van der Waals surface area contributed by atoms with Crippen LogP contribution < -0.4 is 10.5 Å². The van der Waals surface area contributed by atoms with E-state index in [0.717, 1.165) is 26.5 Å². The molecule has 0 amide bonds. The van der Waals surface area contributed by atoms with Gasteiger partial charge in [0, 0.05) is 22.7 Å². The molecule has 154 valence electrons. The minimum absolute atomic E-state index is 0.125. The number of anilines is 1. The molecule has 1 atom stereocenters. The van der Waals surface area contributed by atoms with Crippen molar-refractivity contribution in [3.8, 4) is 11.1 Å². The van der Waals surface area contributed by atoms with Crippen LogP contribution in [0.1, 0.15) is 23.2 Å². The highest BCUT2D eigenvalue weighted by Gasteiger charge is 2.18. The zero-order valence-electron chi connectivity index (χ0n) is 17.3. The molecule has 2 aromatic carbocycles. The first-order chi connectivity index (χ1) is 14.4. The number of rotatable bonds is 6. The van der Waals surface area contributed by atoms with Crippen molar-refractivity contribution in [2.24, 2.45) is 0 Å². The monoisotopic (exact) mass is 419 g/mol. The van der Waals surface area contributed by atoms with Gasteiger partial charge in [-0.25, -0.2) is 4.98 Å². The Morgan fingerprint density at radius 2 is 1.80 bits per heavy atom. The van der Waals surface area contributed by atoms with E-state index in [1.807, 2.05) is 42.2 Å². The van der Waals surface area contributed by atoms with E-state index in [0.29, 0.717) is 24.3 Å². The molecular weight excluding hydrogens is 394 g/mol. The molecule has 0 spiro atoms. The van der Waals surface area contributed by atoms with Gasteiger partial charge in [-0.3, -0.25) is 4.79 Å². The van der Waals surface area contributed by atoms with Crippen molar-refractivity contribution in [2.45, 2.75) is 33.4 Å². The first-order valence-corrected chi connectivity index (χ1v) is 10.8. The summed E-state index contributed by atoms with van der Waals surface area (Å²) >= 11 is 1.54. The number of aromatic amines is 1. The summed E-state index contributed by atoms with van der Waals surface area (Å²) in [7, 11) is 0. The van der Waals surface area contributed by atoms with Gasteiger partial charge < -0.3 is 15.0 Å². The van der Waals surface area contributed by atoms with Gasteiger partial charge in [-0.05, 0) is 38.5 Å². The molecule has 0 fully saturated rings. The summed E-state index contributed by atoms with van der Waals surface area (Å²) in [5.74, 6) is 0.591. The van der Waals surface area contributed by atoms with Crippen LogP contribution in [0, 0.1) is 13.8 Å². The van der Waals surface area contributed by atoms with Crippen molar-refractivity contribution < 1.29 is 5.11 Å². The second-order valence-corrected chi connectivity index (χ2v) is 8.86. The number of aryl methyl sites for hydroxylation is 2. The quantitative estimate of drug-likeness (QED) is 0.477. The van der Waals surface area contributed by atoms with E-state index in [1.54, 1.807) is 18.3 Å². The second-order valence-electron chi connectivity index (χ2n) is 7.66. The Morgan fingerprint density at radius 3 is 2.47 bits per heavy atom. The Balaban J connectivity index is 1.74. The van der Waals surface area contributed by atoms with Crippen LogP contribution in [0.2, 0.25) is 0 Å². The van der Waals surface area contributed by atoms with Gasteiger partial charge in [0.1, 0.15) is 10.7 Å². The van der Waals surface area contributed by atoms with Crippen LogP contribution in [0.15, 0.2) is 59.4 Å². The molecule has 0 aliphatic heterocycles. The van der Waals surface area contributed by atoms with Gasteiger partial charge in [0.25, 0.3) is 5.56 Å². The molecule has 0 aliphatic rings. The summed E-state index contributed by atoms with van der Waals surface area (Å²) in [5, 5.41) is 10.6. The molecule has 0 bridgehead atoms. The maximum Gasteiger partial charge on any atom is 0.260 e.